The fourth-order valence-electron chi connectivity index (χ4n) is 4.04. The van der Waals surface area contributed by atoms with Crippen molar-refractivity contribution in [2.24, 2.45) is 5.41 Å². The predicted octanol–water partition coefficient (Wildman–Crippen LogP) is 4.22. The maximum atomic E-state index is 14.9. The van der Waals surface area contributed by atoms with Gasteiger partial charge < -0.3 is 10.0 Å². The van der Waals surface area contributed by atoms with Crippen LogP contribution < -0.4 is 4.90 Å². The Morgan fingerprint density at radius 2 is 1.81 bits per heavy atom. The SMILES string of the molecule is Cc1ccc(CN2CCC(F)(F)C3(CCN(c4ncccn4)C3)C2)s1.O=C(O)C(F)(F)F. The molecule has 2 aromatic rings. The first-order valence-corrected chi connectivity index (χ1v) is 10.7. The number of aryl methyl sites for hydroxylation is 1. The molecule has 0 aliphatic carbocycles. The summed E-state index contributed by atoms with van der Waals surface area (Å²) >= 11 is 1.75. The number of aliphatic carboxylic acids is 1. The van der Waals surface area contributed by atoms with Crippen LogP contribution in [0.4, 0.5) is 27.9 Å². The van der Waals surface area contributed by atoms with Gasteiger partial charge in [-0.3, -0.25) is 4.90 Å². The minimum atomic E-state index is -5.08. The molecule has 1 spiro atoms. The fraction of sp³-hybridized carbons (Fsp3) is 0.550. The molecule has 2 saturated heterocycles. The average Bonchev–Trinajstić information content (AvgIpc) is 3.33. The molecule has 12 heteroatoms. The summed E-state index contributed by atoms with van der Waals surface area (Å²) in [5.74, 6) is -4.84. The van der Waals surface area contributed by atoms with Gasteiger partial charge in [0.2, 0.25) is 5.95 Å². The number of carboxylic acid groups (broad SMARTS) is 1. The third-order valence-corrected chi connectivity index (χ3v) is 6.64. The van der Waals surface area contributed by atoms with Crippen molar-refractivity contribution in [3.8, 4) is 0 Å². The number of carbonyl (C=O) groups is 1. The van der Waals surface area contributed by atoms with Crippen LogP contribution in [0.1, 0.15) is 22.6 Å². The van der Waals surface area contributed by atoms with E-state index < -0.39 is 23.5 Å². The molecule has 0 saturated carbocycles. The largest absolute Gasteiger partial charge is 0.490 e. The number of halogens is 5. The predicted molar refractivity (Wildman–Crippen MR) is 109 cm³/mol. The monoisotopic (exact) mass is 478 g/mol. The van der Waals surface area contributed by atoms with Crippen LogP contribution in [0.5, 0.6) is 0 Å². The van der Waals surface area contributed by atoms with Gasteiger partial charge in [0.05, 0.1) is 5.41 Å². The zero-order valence-electron chi connectivity index (χ0n) is 17.3. The standard InChI is InChI=1S/C18H22F2N4S.C2HF3O2/c1-14-3-4-15(25-14)11-23-9-6-18(19,20)17(12-23)5-10-24(13-17)16-21-7-2-8-22-16;3-2(4,5)1(6)7/h2-4,7-8H,5-6,9-13H2,1H3;(H,6,7). The normalized spacial score (nSPS) is 23.1. The molecular formula is C20H23F5N4O2S. The van der Waals surface area contributed by atoms with Gasteiger partial charge in [-0.1, -0.05) is 0 Å². The van der Waals surface area contributed by atoms with Gasteiger partial charge in [0.25, 0.3) is 5.92 Å². The van der Waals surface area contributed by atoms with E-state index in [0.29, 0.717) is 38.5 Å². The lowest BCUT2D eigenvalue weighted by Gasteiger charge is -2.45. The van der Waals surface area contributed by atoms with Crippen molar-refractivity contribution in [2.45, 2.75) is 38.4 Å². The summed E-state index contributed by atoms with van der Waals surface area (Å²) in [5, 5.41) is 7.12. The maximum Gasteiger partial charge on any atom is 0.490 e. The molecule has 2 fully saturated rings. The summed E-state index contributed by atoms with van der Waals surface area (Å²) in [7, 11) is 0. The minimum absolute atomic E-state index is 0.0686. The number of rotatable bonds is 3. The Bertz CT molecular complexity index is 924. The van der Waals surface area contributed by atoms with E-state index in [1.165, 1.54) is 9.75 Å². The Balaban J connectivity index is 0.000000360. The van der Waals surface area contributed by atoms with E-state index >= 15 is 0 Å². The first-order chi connectivity index (χ1) is 14.9. The lowest BCUT2D eigenvalue weighted by atomic mass is 9.75. The van der Waals surface area contributed by atoms with E-state index in [2.05, 4.69) is 33.9 Å². The average molecular weight is 478 g/mol. The molecule has 1 N–H and O–H groups in total. The van der Waals surface area contributed by atoms with Crippen LogP contribution in [0.2, 0.25) is 0 Å². The number of anilines is 1. The summed E-state index contributed by atoms with van der Waals surface area (Å²) in [6, 6.07) is 5.95. The van der Waals surface area contributed by atoms with Gasteiger partial charge in [0.15, 0.2) is 0 Å². The van der Waals surface area contributed by atoms with Crippen LogP contribution in [0.15, 0.2) is 30.6 Å². The molecule has 2 aromatic heterocycles. The molecular weight excluding hydrogens is 455 g/mol. The zero-order valence-corrected chi connectivity index (χ0v) is 18.1. The van der Waals surface area contributed by atoms with Crippen molar-refractivity contribution in [3.05, 3.63) is 40.3 Å². The Hall–Kier alpha value is -2.34. The number of piperidine rings is 1. The van der Waals surface area contributed by atoms with Crippen molar-refractivity contribution >= 4 is 23.3 Å². The molecule has 2 aliphatic heterocycles. The van der Waals surface area contributed by atoms with Crippen LogP contribution in [0.3, 0.4) is 0 Å². The third-order valence-electron chi connectivity index (χ3n) is 5.65. The maximum absolute atomic E-state index is 14.9. The number of nitrogens with zero attached hydrogens (tertiary/aromatic N) is 4. The summed E-state index contributed by atoms with van der Waals surface area (Å²) in [6.45, 7) is 4.64. The van der Waals surface area contributed by atoms with E-state index in [9.17, 15) is 22.0 Å². The van der Waals surface area contributed by atoms with Crippen LogP contribution in [-0.4, -0.2) is 64.2 Å². The fourth-order valence-corrected chi connectivity index (χ4v) is 4.97. The van der Waals surface area contributed by atoms with Gasteiger partial charge in [-0.05, 0) is 31.5 Å². The Kier molecular flexibility index (Phi) is 7.03. The number of thiophene rings is 1. The highest BCUT2D eigenvalue weighted by molar-refractivity contribution is 7.11. The number of likely N-dealkylation sites (tertiary alicyclic amines) is 1. The minimum Gasteiger partial charge on any atom is -0.475 e. The molecule has 0 aromatic carbocycles. The Morgan fingerprint density at radius 3 is 2.38 bits per heavy atom. The molecule has 4 heterocycles. The second-order valence-electron chi connectivity index (χ2n) is 7.98. The van der Waals surface area contributed by atoms with Gasteiger partial charge >= 0.3 is 12.1 Å². The van der Waals surface area contributed by atoms with Crippen LogP contribution >= 0.6 is 11.3 Å². The highest BCUT2D eigenvalue weighted by Gasteiger charge is 2.59. The van der Waals surface area contributed by atoms with Crippen LogP contribution in [-0.2, 0) is 11.3 Å². The van der Waals surface area contributed by atoms with E-state index in [0.717, 1.165) is 6.54 Å². The van der Waals surface area contributed by atoms with Gasteiger partial charge in [0.1, 0.15) is 0 Å². The first kappa shape index (κ1) is 24.3. The van der Waals surface area contributed by atoms with Gasteiger partial charge in [0, 0.05) is 61.3 Å². The van der Waals surface area contributed by atoms with Crippen LogP contribution in [0, 0.1) is 12.3 Å². The van der Waals surface area contributed by atoms with Crippen molar-refractivity contribution in [2.75, 3.05) is 31.1 Å². The number of aromatic nitrogens is 2. The number of carboxylic acids is 1. The van der Waals surface area contributed by atoms with Gasteiger partial charge in [-0.15, -0.1) is 11.3 Å². The van der Waals surface area contributed by atoms with Gasteiger partial charge in [-0.2, -0.15) is 13.2 Å². The number of hydrogen-bond acceptors (Lipinski definition) is 6. The molecule has 1 atom stereocenters. The lowest BCUT2D eigenvalue weighted by molar-refractivity contribution is -0.192. The van der Waals surface area contributed by atoms with Crippen molar-refractivity contribution < 1.29 is 31.9 Å². The topological polar surface area (TPSA) is 69.6 Å². The van der Waals surface area contributed by atoms with E-state index in [1.54, 1.807) is 29.8 Å². The summed E-state index contributed by atoms with van der Waals surface area (Å²) in [4.78, 5) is 24.0. The third kappa shape index (κ3) is 5.52. The summed E-state index contributed by atoms with van der Waals surface area (Å²) in [6.07, 6.45) is -1.34. The first-order valence-electron chi connectivity index (χ1n) is 9.89. The smallest absolute Gasteiger partial charge is 0.475 e. The molecule has 0 bridgehead atoms. The van der Waals surface area contributed by atoms with Crippen molar-refractivity contribution in [3.63, 3.8) is 0 Å². The number of alkyl halides is 5. The second-order valence-corrected chi connectivity index (χ2v) is 9.35. The Morgan fingerprint density at radius 1 is 1.16 bits per heavy atom. The van der Waals surface area contributed by atoms with Crippen LogP contribution in [0.25, 0.3) is 0 Å². The zero-order chi connectivity index (χ0) is 23.6. The molecule has 6 nitrogen and oxygen atoms in total. The summed E-state index contributed by atoms with van der Waals surface area (Å²) in [5.41, 5.74) is -1.00. The number of hydrogen-bond donors (Lipinski definition) is 1. The van der Waals surface area contributed by atoms with E-state index in [1.807, 2.05) is 4.90 Å². The molecule has 32 heavy (non-hydrogen) atoms. The Labute approximate surface area is 185 Å². The van der Waals surface area contributed by atoms with Crippen molar-refractivity contribution in [1.29, 1.82) is 0 Å². The molecule has 176 valence electrons. The van der Waals surface area contributed by atoms with Gasteiger partial charge in [-0.25, -0.2) is 23.5 Å². The lowest BCUT2D eigenvalue weighted by Crippen LogP contribution is -2.56. The van der Waals surface area contributed by atoms with E-state index in [-0.39, 0.29) is 6.42 Å². The molecule has 2 aliphatic rings. The molecule has 1 unspecified atom stereocenters. The molecule has 4 rings (SSSR count). The molecule has 0 radical (unpaired) electrons. The van der Waals surface area contributed by atoms with E-state index in [4.69, 9.17) is 9.90 Å². The highest BCUT2D eigenvalue weighted by Crippen LogP contribution is 2.50. The highest BCUT2D eigenvalue weighted by atomic mass is 32.1. The molecule has 0 amide bonds. The summed E-state index contributed by atoms with van der Waals surface area (Å²) < 4.78 is 61.5. The quantitative estimate of drug-likeness (QED) is 0.667. The second kappa shape index (κ2) is 9.26. The van der Waals surface area contributed by atoms with Crippen molar-refractivity contribution in [1.82, 2.24) is 14.9 Å².